The number of rotatable bonds is 6. The van der Waals surface area contributed by atoms with E-state index in [1.54, 1.807) is 6.07 Å². The van der Waals surface area contributed by atoms with E-state index in [9.17, 15) is 12.8 Å². The summed E-state index contributed by atoms with van der Waals surface area (Å²) in [7, 11) is -3.15. The van der Waals surface area contributed by atoms with Crippen LogP contribution in [0.5, 0.6) is 0 Å². The van der Waals surface area contributed by atoms with Gasteiger partial charge in [0.05, 0.1) is 10.8 Å². The maximum Gasteiger partial charge on any atom is 0.149 e. The molecule has 1 atom stereocenters. The maximum absolute atomic E-state index is 13.4. The molecule has 0 radical (unpaired) electrons. The monoisotopic (exact) mass is 341 g/mol. The summed E-state index contributed by atoms with van der Waals surface area (Å²) in [5.41, 5.74) is 1.58. The average molecular weight is 342 g/mol. The molecule has 22 heavy (non-hydrogen) atoms. The molecule has 6 heteroatoms. The van der Waals surface area contributed by atoms with Gasteiger partial charge in [-0.05, 0) is 23.3 Å². The third kappa shape index (κ3) is 5.09. The van der Waals surface area contributed by atoms with Gasteiger partial charge in [0.2, 0.25) is 0 Å². The van der Waals surface area contributed by atoms with Crippen molar-refractivity contribution >= 4 is 21.4 Å². The summed E-state index contributed by atoms with van der Waals surface area (Å²) in [5, 5.41) is 3.24. The predicted molar refractivity (Wildman–Crippen MR) is 87.1 cm³/mol. The van der Waals surface area contributed by atoms with Crippen molar-refractivity contribution in [3.05, 3.63) is 70.5 Å². The molecule has 2 aromatic rings. The third-order valence-corrected chi connectivity index (χ3v) is 4.45. The molecule has 0 fully saturated rings. The van der Waals surface area contributed by atoms with E-state index in [0.29, 0.717) is 12.1 Å². The van der Waals surface area contributed by atoms with Crippen molar-refractivity contribution in [3.8, 4) is 0 Å². The lowest BCUT2D eigenvalue weighted by Crippen LogP contribution is -2.27. The van der Waals surface area contributed by atoms with Gasteiger partial charge in [-0.25, -0.2) is 12.8 Å². The minimum atomic E-state index is -3.15. The third-order valence-electron chi connectivity index (χ3n) is 3.21. The first-order valence-electron chi connectivity index (χ1n) is 6.75. The molecule has 0 bridgehead atoms. The topological polar surface area (TPSA) is 46.2 Å². The predicted octanol–water partition coefficient (Wildman–Crippen LogP) is 3.35. The Bertz CT molecular complexity index is 735. The minimum absolute atomic E-state index is 0.0207. The molecule has 3 nitrogen and oxygen atoms in total. The molecule has 0 amide bonds. The Morgan fingerprint density at radius 3 is 2.45 bits per heavy atom. The van der Waals surface area contributed by atoms with Gasteiger partial charge in [-0.3, -0.25) is 0 Å². The van der Waals surface area contributed by atoms with Gasteiger partial charge in [-0.1, -0.05) is 48.0 Å². The molecule has 0 aliphatic rings. The second kappa shape index (κ2) is 7.22. The van der Waals surface area contributed by atoms with Crippen LogP contribution in [0.3, 0.4) is 0 Å². The van der Waals surface area contributed by atoms with E-state index in [1.165, 1.54) is 18.4 Å². The minimum Gasteiger partial charge on any atom is -0.305 e. The van der Waals surface area contributed by atoms with E-state index in [2.05, 4.69) is 5.32 Å². The molecule has 0 saturated heterocycles. The zero-order valence-electron chi connectivity index (χ0n) is 12.1. The fraction of sp³-hybridized carbons (Fsp3) is 0.250. The number of nitrogens with one attached hydrogen (secondary N) is 1. The summed E-state index contributed by atoms with van der Waals surface area (Å²) in [5.74, 6) is -0.507. The van der Waals surface area contributed by atoms with Gasteiger partial charge in [-0.2, -0.15) is 0 Å². The molecular formula is C16H17ClFNO2S. The van der Waals surface area contributed by atoms with E-state index in [-0.39, 0.29) is 16.8 Å². The van der Waals surface area contributed by atoms with Crippen LogP contribution in [-0.4, -0.2) is 20.4 Å². The lowest BCUT2D eigenvalue weighted by atomic mass is 10.1. The molecule has 2 aromatic carbocycles. The van der Waals surface area contributed by atoms with Gasteiger partial charge >= 0.3 is 0 Å². The normalized spacial score (nSPS) is 13.0. The smallest absolute Gasteiger partial charge is 0.149 e. The van der Waals surface area contributed by atoms with Crippen molar-refractivity contribution in [2.45, 2.75) is 12.6 Å². The SMILES string of the molecule is CS(=O)(=O)C[C@@H](NCc1ccc(Cl)c(F)c1)c1ccccc1. The quantitative estimate of drug-likeness (QED) is 0.876. The fourth-order valence-corrected chi connectivity index (χ4v) is 3.19. The Labute approximate surface area is 135 Å². The molecule has 1 N–H and O–H groups in total. The van der Waals surface area contributed by atoms with Crippen LogP contribution in [0.1, 0.15) is 17.2 Å². The van der Waals surface area contributed by atoms with Gasteiger partial charge in [0.1, 0.15) is 15.7 Å². The summed E-state index contributed by atoms with van der Waals surface area (Å²) >= 11 is 5.65. The van der Waals surface area contributed by atoms with Gasteiger partial charge in [0.15, 0.2) is 0 Å². The second-order valence-electron chi connectivity index (χ2n) is 5.19. The first-order valence-corrected chi connectivity index (χ1v) is 9.19. The molecule has 0 aromatic heterocycles. The van der Waals surface area contributed by atoms with Crippen LogP contribution < -0.4 is 5.32 Å². The van der Waals surface area contributed by atoms with Crippen LogP contribution in [-0.2, 0) is 16.4 Å². The molecular weight excluding hydrogens is 325 g/mol. The summed E-state index contributed by atoms with van der Waals surface area (Å²) in [6.45, 7) is 0.350. The second-order valence-corrected chi connectivity index (χ2v) is 7.78. The van der Waals surface area contributed by atoms with Crippen LogP contribution in [0, 0.1) is 5.82 Å². The Hall–Kier alpha value is -1.43. The Balaban J connectivity index is 2.14. The van der Waals surface area contributed by atoms with E-state index >= 15 is 0 Å². The van der Waals surface area contributed by atoms with Gasteiger partial charge in [0.25, 0.3) is 0 Å². The summed E-state index contributed by atoms with van der Waals surface area (Å²) in [6.07, 6.45) is 1.20. The molecule has 0 unspecified atom stereocenters. The highest BCUT2D eigenvalue weighted by molar-refractivity contribution is 7.90. The molecule has 0 aliphatic heterocycles. The number of halogens is 2. The van der Waals surface area contributed by atoms with Crippen molar-refractivity contribution in [3.63, 3.8) is 0 Å². The highest BCUT2D eigenvalue weighted by Crippen LogP contribution is 2.18. The van der Waals surface area contributed by atoms with Crippen LogP contribution in [0.15, 0.2) is 48.5 Å². The maximum atomic E-state index is 13.4. The van der Waals surface area contributed by atoms with Crippen molar-refractivity contribution in [1.82, 2.24) is 5.32 Å². The number of sulfone groups is 1. The lowest BCUT2D eigenvalue weighted by Gasteiger charge is -2.18. The largest absolute Gasteiger partial charge is 0.305 e. The van der Waals surface area contributed by atoms with Gasteiger partial charge in [0, 0.05) is 18.8 Å². The molecule has 0 spiro atoms. The molecule has 2 rings (SSSR count). The zero-order chi connectivity index (χ0) is 16.2. The standard InChI is InChI=1S/C16H17ClFNO2S/c1-22(20,21)11-16(13-5-3-2-4-6-13)19-10-12-7-8-14(17)15(18)9-12/h2-9,16,19H,10-11H2,1H3/t16-/m1/s1. The van der Waals surface area contributed by atoms with Crippen molar-refractivity contribution < 1.29 is 12.8 Å². The van der Waals surface area contributed by atoms with E-state index in [4.69, 9.17) is 11.6 Å². The molecule has 118 valence electrons. The molecule has 0 aliphatic carbocycles. The number of hydrogen-bond donors (Lipinski definition) is 1. The summed E-state index contributed by atoms with van der Waals surface area (Å²) < 4.78 is 36.7. The Kier molecular flexibility index (Phi) is 5.56. The van der Waals surface area contributed by atoms with Gasteiger partial charge in [-0.15, -0.1) is 0 Å². The van der Waals surface area contributed by atoms with E-state index < -0.39 is 15.7 Å². The first kappa shape index (κ1) is 16.9. The molecule has 0 saturated carbocycles. The average Bonchev–Trinajstić information content (AvgIpc) is 2.47. The summed E-state index contributed by atoms with van der Waals surface area (Å²) in [6, 6.07) is 13.5. The van der Waals surface area contributed by atoms with Gasteiger partial charge < -0.3 is 5.32 Å². The van der Waals surface area contributed by atoms with Crippen molar-refractivity contribution in [1.29, 1.82) is 0 Å². The van der Waals surface area contributed by atoms with Crippen molar-refractivity contribution in [2.75, 3.05) is 12.0 Å². The molecule has 0 heterocycles. The van der Waals surface area contributed by atoms with E-state index in [0.717, 1.165) is 5.56 Å². The van der Waals surface area contributed by atoms with Crippen LogP contribution >= 0.6 is 11.6 Å². The Morgan fingerprint density at radius 2 is 1.86 bits per heavy atom. The highest BCUT2D eigenvalue weighted by Gasteiger charge is 2.17. The fourth-order valence-electron chi connectivity index (χ4n) is 2.15. The van der Waals surface area contributed by atoms with Crippen LogP contribution in [0.25, 0.3) is 0 Å². The number of hydrogen-bond acceptors (Lipinski definition) is 3. The lowest BCUT2D eigenvalue weighted by molar-refractivity contribution is 0.548. The Morgan fingerprint density at radius 1 is 1.18 bits per heavy atom. The highest BCUT2D eigenvalue weighted by atomic mass is 35.5. The number of benzene rings is 2. The van der Waals surface area contributed by atoms with Crippen LogP contribution in [0.2, 0.25) is 5.02 Å². The van der Waals surface area contributed by atoms with Crippen molar-refractivity contribution in [2.24, 2.45) is 0 Å². The zero-order valence-corrected chi connectivity index (χ0v) is 13.7. The first-order chi connectivity index (χ1) is 10.3. The van der Waals surface area contributed by atoms with Crippen LogP contribution in [0.4, 0.5) is 4.39 Å². The van der Waals surface area contributed by atoms with E-state index in [1.807, 2.05) is 30.3 Å². The summed E-state index contributed by atoms with van der Waals surface area (Å²) in [4.78, 5) is 0.